The third-order valence-electron chi connectivity index (χ3n) is 5.72. The number of carbonyl (C=O) groups is 1. The lowest BCUT2D eigenvalue weighted by molar-refractivity contribution is -0.117. The van der Waals surface area contributed by atoms with Crippen LogP contribution in [0.4, 0.5) is 0 Å². The molecule has 2 heteroatoms. The molecule has 0 saturated heterocycles. The van der Waals surface area contributed by atoms with Crippen LogP contribution < -0.4 is 0 Å². The summed E-state index contributed by atoms with van der Waals surface area (Å²) < 4.78 is 0. The van der Waals surface area contributed by atoms with Crippen molar-refractivity contribution in [1.29, 1.82) is 0 Å². The number of hydrogen-bond acceptors (Lipinski definition) is 2. The molecule has 2 nitrogen and oxygen atoms in total. The van der Waals surface area contributed by atoms with Crippen LogP contribution in [0.2, 0.25) is 0 Å². The maximum Gasteiger partial charge on any atom is 0.127 e. The molecule has 2 fully saturated rings. The summed E-state index contributed by atoms with van der Waals surface area (Å²) >= 11 is 0. The first kappa shape index (κ1) is 16.0. The van der Waals surface area contributed by atoms with Gasteiger partial charge in [-0.15, -0.1) is 0 Å². The van der Waals surface area contributed by atoms with Crippen LogP contribution in [0.15, 0.2) is 0 Å². The summed E-state index contributed by atoms with van der Waals surface area (Å²) in [5.74, 6) is 0. The van der Waals surface area contributed by atoms with Gasteiger partial charge in [-0.25, -0.2) is 0 Å². The summed E-state index contributed by atoms with van der Waals surface area (Å²) in [5, 5.41) is 0. The van der Waals surface area contributed by atoms with Gasteiger partial charge in [0.25, 0.3) is 0 Å². The first-order chi connectivity index (χ1) is 9.68. The molecule has 0 aromatic rings. The summed E-state index contributed by atoms with van der Waals surface area (Å²) in [6.07, 6.45) is 16.0. The molecule has 0 spiro atoms. The van der Waals surface area contributed by atoms with E-state index >= 15 is 0 Å². The normalized spacial score (nSPS) is 25.6. The van der Waals surface area contributed by atoms with E-state index in [1.54, 1.807) is 0 Å². The van der Waals surface area contributed by atoms with E-state index in [1.807, 2.05) is 0 Å². The molecular weight excluding hydrogens is 246 g/mol. The molecule has 0 aromatic carbocycles. The van der Waals surface area contributed by atoms with E-state index in [4.69, 9.17) is 0 Å². The average molecular weight is 279 g/mol. The number of aldehydes is 1. The Kier molecular flexibility index (Phi) is 6.07. The van der Waals surface area contributed by atoms with Gasteiger partial charge < -0.3 is 4.79 Å². The maximum absolute atomic E-state index is 11.5. The van der Waals surface area contributed by atoms with Crippen LogP contribution in [-0.4, -0.2) is 29.8 Å². The molecule has 20 heavy (non-hydrogen) atoms. The third kappa shape index (κ3) is 4.07. The summed E-state index contributed by atoms with van der Waals surface area (Å²) in [4.78, 5) is 14.3. The molecule has 0 heterocycles. The molecule has 0 aromatic heterocycles. The van der Waals surface area contributed by atoms with Crippen LogP contribution in [-0.2, 0) is 4.79 Å². The van der Waals surface area contributed by atoms with Gasteiger partial charge in [0.1, 0.15) is 6.29 Å². The van der Waals surface area contributed by atoms with Gasteiger partial charge in [-0.2, -0.15) is 0 Å². The Morgan fingerprint density at radius 2 is 1.40 bits per heavy atom. The highest BCUT2D eigenvalue weighted by atomic mass is 16.1. The second-order valence-electron chi connectivity index (χ2n) is 7.38. The van der Waals surface area contributed by atoms with E-state index in [0.717, 1.165) is 25.0 Å². The molecule has 2 rings (SSSR count). The van der Waals surface area contributed by atoms with Crippen LogP contribution in [0.3, 0.4) is 0 Å². The van der Waals surface area contributed by atoms with Crippen molar-refractivity contribution in [3.63, 3.8) is 0 Å². The Morgan fingerprint density at radius 3 is 1.75 bits per heavy atom. The second-order valence-corrected chi connectivity index (χ2v) is 7.38. The fourth-order valence-corrected chi connectivity index (χ4v) is 4.03. The molecule has 2 saturated carbocycles. The predicted molar refractivity (Wildman–Crippen MR) is 84.9 cm³/mol. The van der Waals surface area contributed by atoms with Crippen molar-refractivity contribution in [3.05, 3.63) is 0 Å². The van der Waals surface area contributed by atoms with E-state index < -0.39 is 0 Å². The van der Waals surface area contributed by atoms with Crippen LogP contribution >= 0.6 is 0 Å². The highest BCUT2D eigenvalue weighted by Gasteiger charge is 2.34. The number of carbonyl (C=O) groups excluding carboxylic acids is 1. The molecule has 116 valence electrons. The minimum Gasteiger partial charge on any atom is -0.303 e. The van der Waals surface area contributed by atoms with E-state index in [-0.39, 0.29) is 5.41 Å². The molecule has 0 bridgehead atoms. The summed E-state index contributed by atoms with van der Waals surface area (Å²) in [7, 11) is 0. The number of nitrogens with zero attached hydrogens (tertiary/aromatic N) is 1. The van der Waals surface area contributed by atoms with Crippen molar-refractivity contribution < 1.29 is 4.79 Å². The highest BCUT2D eigenvalue weighted by molar-refractivity contribution is 5.58. The fraction of sp³-hybridized carbons (Fsp3) is 0.944. The van der Waals surface area contributed by atoms with Crippen molar-refractivity contribution in [2.24, 2.45) is 5.41 Å². The van der Waals surface area contributed by atoms with Gasteiger partial charge in [0.2, 0.25) is 0 Å². The number of hydrogen-bond donors (Lipinski definition) is 0. The van der Waals surface area contributed by atoms with Gasteiger partial charge in [0.05, 0.1) is 0 Å². The van der Waals surface area contributed by atoms with Crippen molar-refractivity contribution in [3.8, 4) is 0 Å². The fourth-order valence-electron chi connectivity index (χ4n) is 4.03. The van der Waals surface area contributed by atoms with E-state index in [2.05, 4.69) is 18.7 Å². The monoisotopic (exact) mass is 279 g/mol. The maximum atomic E-state index is 11.5. The predicted octanol–water partition coefficient (Wildman–Crippen LogP) is 4.57. The summed E-state index contributed by atoms with van der Waals surface area (Å²) in [6, 6.07) is 1.50. The second kappa shape index (κ2) is 7.59. The molecular formula is C18H33NO. The first-order valence-electron chi connectivity index (χ1n) is 8.90. The van der Waals surface area contributed by atoms with Crippen molar-refractivity contribution in [2.45, 2.75) is 96.6 Å². The first-order valence-corrected chi connectivity index (χ1v) is 8.90. The van der Waals surface area contributed by atoms with Crippen LogP contribution in [0.1, 0.15) is 84.5 Å². The summed E-state index contributed by atoms with van der Waals surface area (Å²) in [5.41, 5.74) is -0.144. The Balaban J connectivity index is 2.07. The molecule has 1 unspecified atom stereocenters. The Labute approximate surface area is 125 Å². The van der Waals surface area contributed by atoms with Crippen molar-refractivity contribution in [1.82, 2.24) is 4.90 Å². The molecule has 0 aliphatic heterocycles. The van der Waals surface area contributed by atoms with Gasteiger partial charge in [-0.3, -0.25) is 4.90 Å². The smallest absolute Gasteiger partial charge is 0.127 e. The highest BCUT2D eigenvalue weighted by Crippen LogP contribution is 2.33. The molecule has 0 N–H and O–H groups in total. The van der Waals surface area contributed by atoms with Crippen molar-refractivity contribution >= 4 is 6.29 Å². The molecule has 1 atom stereocenters. The summed E-state index contributed by atoms with van der Waals surface area (Å²) in [6.45, 7) is 5.30. The zero-order valence-corrected chi connectivity index (χ0v) is 13.6. The quantitative estimate of drug-likeness (QED) is 0.664. The molecule has 0 amide bonds. The third-order valence-corrected chi connectivity index (χ3v) is 5.72. The molecule has 2 aliphatic rings. The van der Waals surface area contributed by atoms with Gasteiger partial charge in [-0.05, 0) is 32.1 Å². The van der Waals surface area contributed by atoms with Crippen LogP contribution in [0, 0.1) is 5.41 Å². The Morgan fingerprint density at radius 1 is 0.950 bits per heavy atom. The largest absolute Gasteiger partial charge is 0.303 e. The minimum atomic E-state index is -0.144. The average Bonchev–Trinajstić information content (AvgIpc) is 2.54. The standard InChI is InChI=1S/C18H33NO/c1-3-18(2,15-20)14-19(16-10-6-4-7-11-16)17-12-8-5-9-13-17/h15-17H,3-14H2,1-2H3. The SMILES string of the molecule is CCC(C)(C=O)CN(C1CCCCC1)C1CCCCC1. The topological polar surface area (TPSA) is 20.3 Å². The van der Waals surface area contributed by atoms with Crippen molar-refractivity contribution in [2.75, 3.05) is 6.54 Å². The Hall–Kier alpha value is -0.370. The Bertz CT molecular complexity index is 274. The lowest BCUT2D eigenvalue weighted by Gasteiger charge is -2.44. The van der Waals surface area contributed by atoms with E-state index in [1.165, 1.54) is 70.5 Å². The molecule has 0 radical (unpaired) electrons. The lowest BCUT2D eigenvalue weighted by Crippen LogP contribution is -2.50. The van der Waals surface area contributed by atoms with Gasteiger partial charge >= 0.3 is 0 Å². The van der Waals surface area contributed by atoms with Crippen LogP contribution in [0.5, 0.6) is 0 Å². The van der Waals surface area contributed by atoms with Gasteiger partial charge in [0.15, 0.2) is 0 Å². The lowest BCUT2D eigenvalue weighted by atomic mass is 9.83. The zero-order valence-electron chi connectivity index (χ0n) is 13.6. The molecule has 2 aliphatic carbocycles. The van der Waals surface area contributed by atoms with E-state index in [0.29, 0.717) is 0 Å². The van der Waals surface area contributed by atoms with Crippen LogP contribution in [0.25, 0.3) is 0 Å². The van der Waals surface area contributed by atoms with Gasteiger partial charge in [-0.1, -0.05) is 52.4 Å². The van der Waals surface area contributed by atoms with Gasteiger partial charge in [0, 0.05) is 24.0 Å². The zero-order chi connectivity index (χ0) is 14.4. The minimum absolute atomic E-state index is 0.144. The number of rotatable bonds is 6. The van der Waals surface area contributed by atoms with E-state index in [9.17, 15) is 4.79 Å².